The number of nitrogens with zero attached hydrogens (tertiary/aromatic N) is 1. The van der Waals surface area contributed by atoms with Crippen molar-refractivity contribution in [3.05, 3.63) is 35.5 Å². The average molecular weight is 365 g/mol. The second-order valence-electron chi connectivity index (χ2n) is 6.52. The Morgan fingerprint density at radius 1 is 1.31 bits per heavy atom. The number of aliphatic hydroxyl groups excluding tert-OH is 1. The Labute approximate surface area is 156 Å². The molecule has 0 aromatic rings. The molecule has 1 saturated heterocycles. The third kappa shape index (κ3) is 6.77. The van der Waals surface area contributed by atoms with Crippen LogP contribution < -0.4 is 0 Å². The van der Waals surface area contributed by atoms with Gasteiger partial charge in [0.1, 0.15) is 6.10 Å². The van der Waals surface area contributed by atoms with E-state index >= 15 is 0 Å². The first kappa shape index (κ1) is 22.1. The smallest absolute Gasteiger partial charge is 0.303 e. The highest BCUT2D eigenvalue weighted by Crippen LogP contribution is 2.21. The minimum atomic E-state index is -1.02. The molecule has 1 aliphatic heterocycles. The van der Waals surface area contributed by atoms with Crippen LogP contribution in [0.15, 0.2) is 35.5 Å². The van der Waals surface area contributed by atoms with Gasteiger partial charge < -0.3 is 19.5 Å². The zero-order valence-corrected chi connectivity index (χ0v) is 16.4. The van der Waals surface area contributed by atoms with Crippen molar-refractivity contribution < 1.29 is 24.2 Å². The Bertz CT molecular complexity index is 579. The van der Waals surface area contributed by atoms with Crippen molar-refractivity contribution in [3.8, 4) is 0 Å². The monoisotopic (exact) mass is 365 g/mol. The number of allylic oxidation sites excluding steroid dienone is 5. The summed E-state index contributed by atoms with van der Waals surface area (Å²) >= 11 is 0. The zero-order valence-electron chi connectivity index (χ0n) is 16.4. The Hall–Kier alpha value is -1.92. The first-order chi connectivity index (χ1) is 12.3. The van der Waals surface area contributed by atoms with Crippen LogP contribution in [-0.4, -0.2) is 54.0 Å². The molecule has 26 heavy (non-hydrogen) atoms. The molecule has 0 aromatic heterocycles. The molecule has 1 aliphatic rings. The maximum atomic E-state index is 12.8. The van der Waals surface area contributed by atoms with Crippen molar-refractivity contribution in [1.82, 2.24) is 4.90 Å². The highest BCUT2D eigenvalue weighted by atomic mass is 16.5. The van der Waals surface area contributed by atoms with Gasteiger partial charge in [-0.3, -0.25) is 9.59 Å². The van der Waals surface area contributed by atoms with Crippen molar-refractivity contribution in [1.29, 1.82) is 0 Å². The van der Waals surface area contributed by atoms with Gasteiger partial charge in [0, 0.05) is 20.6 Å². The molecule has 1 fully saturated rings. The molecule has 146 valence electrons. The standard InChI is InChI=1S/C20H31NO5/c1-6-8-14(2)9-7-10-15(3)13-18(26-16(4)22)19(24)21-12-11-17(23)20(21)25-5/h7-9,13,17-18,20,23H,6,10-12H2,1-5H3/b9-7+,14-8+,15-13+/t17-,18+,20-/m0/s1. The van der Waals surface area contributed by atoms with Gasteiger partial charge >= 0.3 is 5.97 Å². The second kappa shape index (κ2) is 10.9. The van der Waals surface area contributed by atoms with Crippen LogP contribution in [0.25, 0.3) is 0 Å². The third-order valence-electron chi connectivity index (χ3n) is 4.15. The lowest BCUT2D eigenvalue weighted by atomic mass is 10.1. The normalized spacial score (nSPS) is 22.8. The van der Waals surface area contributed by atoms with Gasteiger partial charge in [-0.2, -0.15) is 0 Å². The SMILES string of the molecule is CC/C=C(C)/C=C/C/C(C)=C/[C@@H](OC(C)=O)C(=O)N1CC[C@H](O)[C@@H]1OC. The minimum absolute atomic E-state index is 0.365. The Morgan fingerprint density at radius 2 is 2.00 bits per heavy atom. The Morgan fingerprint density at radius 3 is 2.58 bits per heavy atom. The summed E-state index contributed by atoms with van der Waals surface area (Å²) in [6, 6.07) is 0. The van der Waals surface area contributed by atoms with Crippen molar-refractivity contribution in [2.75, 3.05) is 13.7 Å². The van der Waals surface area contributed by atoms with E-state index in [4.69, 9.17) is 9.47 Å². The largest absolute Gasteiger partial charge is 0.448 e. The van der Waals surface area contributed by atoms with Gasteiger partial charge in [-0.15, -0.1) is 0 Å². The van der Waals surface area contributed by atoms with E-state index in [1.165, 1.54) is 24.5 Å². The molecule has 1 rings (SSSR count). The number of carbonyl (C=O) groups excluding carboxylic acids is 2. The maximum Gasteiger partial charge on any atom is 0.303 e. The number of aliphatic hydroxyl groups is 1. The fraction of sp³-hybridized carbons (Fsp3) is 0.600. The van der Waals surface area contributed by atoms with E-state index < -0.39 is 24.4 Å². The van der Waals surface area contributed by atoms with Crippen molar-refractivity contribution in [2.24, 2.45) is 0 Å². The number of hydrogen-bond donors (Lipinski definition) is 1. The van der Waals surface area contributed by atoms with E-state index in [-0.39, 0.29) is 5.91 Å². The molecule has 6 nitrogen and oxygen atoms in total. The number of rotatable bonds is 8. The van der Waals surface area contributed by atoms with Gasteiger partial charge in [-0.25, -0.2) is 0 Å². The van der Waals surface area contributed by atoms with Gasteiger partial charge in [0.15, 0.2) is 12.3 Å². The number of amides is 1. The van der Waals surface area contributed by atoms with Crippen LogP contribution in [0.3, 0.4) is 0 Å². The number of methoxy groups -OCH3 is 1. The molecule has 6 heteroatoms. The number of carbonyl (C=O) groups is 2. The van der Waals surface area contributed by atoms with E-state index in [0.717, 1.165) is 12.0 Å². The zero-order chi connectivity index (χ0) is 19.7. The number of ether oxygens (including phenoxy) is 2. The molecule has 0 aliphatic carbocycles. The lowest BCUT2D eigenvalue weighted by Crippen LogP contribution is -2.46. The fourth-order valence-corrected chi connectivity index (χ4v) is 2.91. The molecule has 0 spiro atoms. The molecule has 1 amide bonds. The van der Waals surface area contributed by atoms with Gasteiger partial charge in [-0.1, -0.05) is 36.3 Å². The maximum absolute atomic E-state index is 12.8. The first-order valence-corrected chi connectivity index (χ1v) is 8.99. The lowest BCUT2D eigenvalue weighted by molar-refractivity contribution is -0.162. The van der Waals surface area contributed by atoms with Crippen molar-refractivity contribution >= 4 is 11.9 Å². The second-order valence-corrected chi connectivity index (χ2v) is 6.52. The summed E-state index contributed by atoms with van der Waals surface area (Å²) in [6.45, 7) is 7.65. The van der Waals surface area contributed by atoms with Crippen LogP contribution in [0.4, 0.5) is 0 Å². The summed E-state index contributed by atoms with van der Waals surface area (Å²) < 4.78 is 10.4. The minimum Gasteiger partial charge on any atom is -0.448 e. The predicted molar refractivity (Wildman–Crippen MR) is 100 cm³/mol. The lowest BCUT2D eigenvalue weighted by Gasteiger charge is -2.27. The summed E-state index contributed by atoms with van der Waals surface area (Å²) in [5.41, 5.74) is 2.10. The van der Waals surface area contributed by atoms with Crippen LogP contribution in [0.2, 0.25) is 0 Å². The van der Waals surface area contributed by atoms with Crippen molar-refractivity contribution in [2.45, 2.75) is 65.4 Å². The van der Waals surface area contributed by atoms with Gasteiger partial charge in [0.05, 0.1) is 0 Å². The summed E-state index contributed by atoms with van der Waals surface area (Å²) in [7, 11) is 1.44. The summed E-state index contributed by atoms with van der Waals surface area (Å²) in [4.78, 5) is 25.6. The van der Waals surface area contributed by atoms with Gasteiger partial charge in [-0.05, 0) is 39.2 Å². The van der Waals surface area contributed by atoms with Crippen LogP contribution in [0, 0.1) is 0 Å². The van der Waals surface area contributed by atoms with Gasteiger partial charge in [0.25, 0.3) is 5.91 Å². The average Bonchev–Trinajstić information content (AvgIpc) is 2.94. The molecular weight excluding hydrogens is 334 g/mol. The van der Waals surface area contributed by atoms with Crippen LogP contribution in [-0.2, 0) is 19.1 Å². The molecule has 0 bridgehead atoms. The van der Waals surface area contributed by atoms with Crippen LogP contribution >= 0.6 is 0 Å². The molecule has 0 aromatic carbocycles. The molecule has 0 saturated carbocycles. The fourth-order valence-electron chi connectivity index (χ4n) is 2.91. The van der Waals surface area contributed by atoms with Crippen molar-refractivity contribution in [3.63, 3.8) is 0 Å². The molecule has 0 unspecified atom stereocenters. The molecule has 1 heterocycles. The van der Waals surface area contributed by atoms with Crippen LogP contribution in [0.1, 0.15) is 47.0 Å². The quantitative estimate of drug-likeness (QED) is 0.407. The van der Waals surface area contributed by atoms with Gasteiger partial charge in [0.2, 0.25) is 0 Å². The summed E-state index contributed by atoms with van der Waals surface area (Å²) in [5, 5.41) is 9.91. The van der Waals surface area contributed by atoms with Crippen LogP contribution in [0.5, 0.6) is 0 Å². The van der Waals surface area contributed by atoms with E-state index in [1.54, 1.807) is 6.08 Å². The predicted octanol–water partition coefficient (Wildman–Crippen LogP) is 2.73. The number of esters is 1. The molecule has 3 atom stereocenters. The van der Waals surface area contributed by atoms with E-state index in [2.05, 4.69) is 13.0 Å². The van der Waals surface area contributed by atoms with E-state index in [1.807, 2.05) is 26.0 Å². The Balaban J connectivity index is 2.87. The first-order valence-electron chi connectivity index (χ1n) is 8.99. The number of likely N-dealkylation sites (tertiary alicyclic amines) is 1. The topological polar surface area (TPSA) is 76.1 Å². The van der Waals surface area contributed by atoms with E-state index in [0.29, 0.717) is 19.4 Å². The summed E-state index contributed by atoms with van der Waals surface area (Å²) in [6.07, 6.45) is 7.43. The van der Waals surface area contributed by atoms with E-state index in [9.17, 15) is 14.7 Å². The number of hydrogen-bond acceptors (Lipinski definition) is 5. The summed E-state index contributed by atoms with van der Waals surface area (Å²) in [5.74, 6) is -0.910. The third-order valence-corrected chi connectivity index (χ3v) is 4.15. The highest BCUT2D eigenvalue weighted by molar-refractivity contribution is 5.85. The molecule has 1 N–H and O–H groups in total. The highest BCUT2D eigenvalue weighted by Gasteiger charge is 2.39. The molecular formula is C20H31NO5. The Kier molecular flexibility index (Phi) is 9.30. The molecule has 0 radical (unpaired) electrons.